The third kappa shape index (κ3) is 9.02. The first kappa shape index (κ1) is 37.5. The standard InChI is InChI=1S/C18H15N3O11S3.3Na/c1-9(22)19-11-2-4-12(5-3-11)20-21-17-15(35(30,31)32)7-10-6-13(33(24,25)26)8-14(34(27,28)29)16(10)18(17)23;;;/h2-8,23H,1H3,(H,19,22)(H,24,25,26)(H,27,28,29)(H,30,31,32);;;/q;3*+1/p-3. The van der Waals surface area contributed by atoms with E-state index in [1.54, 1.807) is 0 Å². The number of azo groups is 1. The van der Waals surface area contributed by atoms with Crippen LogP contribution in [0.15, 0.2) is 72.4 Å². The molecule has 0 saturated heterocycles. The Hall–Kier alpha value is -0.480. The quantitative estimate of drug-likeness (QED) is 0.0871. The zero-order chi connectivity index (χ0) is 26.3. The summed E-state index contributed by atoms with van der Waals surface area (Å²) in [7, 11) is -15.8. The molecule has 2 N–H and O–H groups in total. The number of hydrogen-bond donors (Lipinski definition) is 2. The molecule has 0 radical (unpaired) electrons. The smallest absolute Gasteiger partial charge is 0.870 e. The second kappa shape index (κ2) is 13.9. The van der Waals surface area contributed by atoms with Crippen molar-refractivity contribution in [3.63, 3.8) is 0 Å². The van der Waals surface area contributed by atoms with Crippen molar-refractivity contribution in [3.05, 3.63) is 42.5 Å². The van der Waals surface area contributed by atoms with Crippen molar-refractivity contribution < 1.29 is 138 Å². The maximum Gasteiger partial charge on any atom is 1.00 e. The zero-order valence-corrected chi connectivity index (χ0v) is 28.6. The van der Waals surface area contributed by atoms with E-state index in [4.69, 9.17) is 0 Å². The van der Waals surface area contributed by atoms with E-state index in [2.05, 4.69) is 15.2 Å². The number of rotatable bonds is 6. The van der Waals surface area contributed by atoms with Crippen molar-refractivity contribution in [1.29, 1.82) is 0 Å². The van der Waals surface area contributed by atoms with Crippen molar-refractivity contribution in [3.8, 4) is 5.75 Å². The van der Waals surface area contributed by atoms with Gasteiger partial charge in [-0.3, -0.25) is 14.1 Å². The maximum atomic E-state index is 13.0. The molecule has 0 aromatic heterocycles. The molecule has 3 rings (SSSR count). The number of nitrogens with zero attached hydrogens (tertiary/aromatic N) is 3. The number of fused-ring (bicyclic) bond motifs is 1. The van der Waals surface area contributed by atoms with Gasteiger partial charge < -0.3 is 14.8 Å². The van der Waals surface area contributed by atoms with Crippen LogP contribution in [0.4, 0.5) is 17.1 Å². The fraction of sp³-hybridized carbons (Fsp3) is 0.0556. The summed E-state index contributed by atoms with van der Waals surface area (Å²) in [6.07, 6.45) is 0. The van der Waals surface area contributed by atoms with Gasteiger partial charge in [-0.15, -0.1) is 5.11 Å². The molecule has 0 aliphatic carbocycles. The number of aliphatic imine (C=N–C) groups is 1. The van der Waals surface area contributed by atoms with Crippen LogP contribution in [0.5, 0.6) is 5.75 Å². The van der Waals surface area contributed by atoms with Crippen molar-refractivity contribution in [2.45, 2.75) is 21.6 Å². The van der Waals surface area contributed by atoms with Crippen LogP contribution < -0.4 is 98.9 Å². The van der Waals surface area contributed by atoms with Crippen LogP contribution in [-0.4, -0.2) is 44.8 Å². The van der Waals surface area contributed by atoms with Gasteiger partial charge in [-0.05, 0) is 66.1 Å². The Bertz CT molecular complexity index is 1740. The molecule has 20 heteroatoms. The molecule has 0 aliphatic heterocycles. The van der Waals surface area contributed by atoms with E-state index in [9.17, 15) is 49.1 Å². The predicted molar refractivity (Wildman–Crippen MR) is 114 cm³/mol. The largest absolute Gasteiger partial charge is 1.00 e. The number of hydrogen-bond acceptors (Lipinski definition) is 12. The van der Waals surface area contributed by atoms with Gasteiger partial charge >= 0.3 is 88.7 Å². The second-order valence-corrected chi connectivity index (χ2v) is 11.0. The second-order valence-electron chi connectivity index (χ2n) is 6.82. The van der Waals surface area contributed by atoms with Gasteiger partial charge in [0.05, 0.1) is 22.0 Å². The molecule has 0 amide bonds. The van der Waals surface area contributed by atoms with Gasteiger partial charge in [0.15, 0.2) is 0 Å². The van der Waals surface area contributed by atoms with Crippen molar-refractivity contribution in [1.82, 2.24) is 0 Å². The van der Waals surface area contributed by atoms with Crippen LogP contribution >= 0.6 is 0 Å². The first-order chi connectivity index (χ1) is 16.0. The molecule has 38 heavy (non-hydrogen) atoms. The normalized spacial score (nSPS) is 12.5. The van der Waals surface area contributed by atoms with Crippen LogP contribution in [0.2, 0.25) is 0 Å². The van der Waals surface area contributed by atoms with Crippen molar-refractivity contribution >= 4 is 64.1 Å². The Balaban J connectivity index is 0.00000456. The first-order valence-corrected chi connectivity index (χ1v) is 13.2. The third-order valence-corrected chi connectivity index (χ3v) is 6.87. The van der Waals surface area contributed by atoms with E-state index in [0.29, 0.717) is 12.1 Å². The van der Waals surface area contributed by atoms with Crippen molar-refractivity contribution in [2.75, 3.05) is 0 Å². The van der Waals surface area contributed by atoms with Gasteiger partial charge in [0, 0.05) is 0 Å². The van der Waals surface area contributed by atoms with E-state index in [-0.39, 0.29) is 106 Å². The summed E-state index contributed by atoms with van der Waals surface area (Å²) in [5.41, 5.74) is -0.788. The molecular weight excluding hydrogens is 599 g/mol. The van der Waals surface area contributed by atoms with Crippen LogP contribution in [0, 0.1) is 0 Å². The Morgan fingerprint density at radius 3 is 1.74 bits per heavy atom. The third-order valence-electron chi connectivity index (χ3n) is 4.31. The molecule has 3 aromatic carbocycles. The van der Waals surface area contributed by atoms with E-state index in [0.717, 1.165) is 0 Å². The summed E-state index contributed by atoms with van der Waals surface area (Å²) < 4.78 is 101. The first-order valence-electron chi connectivity index (χ1n) is 8.95. The van der Waals surface area contributed by atoms with Gasteiger partial charge in [0.25, 0.3) is 20.2 Å². The topological polar surface area (TPSA) is 249 Å². The van der Waals surface area contributed by atoms with Crippen LogP contribution in [0.25, 0.3) is 10.8 Å². The predicted octanol–water partition coefficient (Wildman–Crippen LogP) is -7.85. The molecule has 0 bridgehead atoms. The molecule has 0 unspecified atom stereocenters. The van der Waals surface area contributed by atoms with Gasteiger partial charge in [0.1, 0.15) is 19.9 Å². The molecule has 14 nitrogen and oxygen atoms in total. The van der Waals surface area contributed by atoms with Crippen LogP contribution in [0.3, 0.4) is 0 Å². The van der Waals surface area contributed by atoms with E-state index in [1.807, 2.05) is 0 Å². The minimum Gasteiger partial charge on any atom is -0.870 e. The summed E-state index contributed by atoms with van der Waals surface area (Å²) in [5, 5.41) is 29.6. The fourth-order valence-corrected chi connectivity index (χ4v) is 4.94. The minimum atomic E-state index is -5.32. The molecule has 3 aromatic rings. The van der Waals surface area contributed by atoms with Crippen molar-refractivity contribution in [2.24, 2.45) is 15.2 Å². The average molecular weight is 611 g/mol. The van der Waals surface area contributed by atoms with E-state index >= 15 is 0 Å². The summed E-state index contributed by atoms with van der Waals surface area (Å²) in [6.45, 7) is 1.22. The number of benzene rings is 3. The molecule has 0 spiro atoms. The summed E-state index contributed by atoms with van der Waals surface area (Å²) in [4.78, 5) is -0.0195. The average Bonchev–Trinajstić information content (AvgIpc) is 2.70. The van der Waals surface area contributed by atoms with E-state index in [1.165, 1.54) is 31.2 Å². The van der Waals surface area contributed by atoms with Gasteiger partial charge in [-0.25, -0.2) is 8.42 Å². The Morgan fingerprint density at radius 1 is 0.789 bits per heavy atom. The minimum absolute atomic E-state index is 0. The molecule has 186 valence electrons. The van der Waals surface area contributed by atoms with Crippen LogP contribution in [-0.2, 0) is 30.4 Å². The molecule has 0 fully saturated rings. The Labute approximate surface area is 283 Å². The molecule has 0 atom stereocenters. The maximum absolute atomic E-state index is 13.0. The molecular formula is C18H12N3Na3O11S3. The fourth-order valence-electron chi connectivity index (χ4n) is 2.93. The summed E-state index contributed by atoms with van der Waals surface area (Å²) in [6, 6.07) is 6.50. The Morgan fingerprint density at radius 2 is 1.29 bits per heavy atom. The van der Waals surface area contributed by atoms with Gasteiger partial charge in [-0.1, -0.05) is 5.75 Å². The summed E-state index contributed by atoms with van der Waals surface area (Å²) >= 11 is 0. The molecule has 0 heterocycles. The summed E-state index contributed by atoms with van der Waals surface area (Å²) in [5.74, 6) is -1.95. The molecule has 0 saturated carbocycles. The van der Waals surface area contributed by atoms with Gasteiger partial charge in [0.2, 0.25) is 0 Å². The van der Waals surface area contributed by atoms with E-state index < -0.39 is 73.1 Å². The SMILES string of the molecule is CC([O-])=Nc1ccc(N=Nc2c(S(=O)(=O)O)cc3cc(S(=O)(=O)[O-])cc(S(=O)(=O)O)c3c2[O-])cc1.[Na+].[Na+].[Na+]. The monoisotopic (exact) mass is 611 g/mol. The molecule has 0 aliphatic rings. The van der Waals surface area contributed by atoms with Gasteiger partial charge in [-0.2, -0.15) is 21.9 Å². The van der Waals surface area contributed by atoms with Crippen LogP contribution in [0.1, 0.15) is 6.92 Å². The Kier molecular flexibility index (Phi) is 13.8. The zero-order valence-electron chi connectivity index (χ0n) is 20.2.